The first-order chi connectivity index (χ1) is 7.72. The summed E-state index contributed by atoms with van der Waals surface area (Å²) in [5.41, 5.74) is 4.62. The van der Waals surface area contributed by atoms with Gasteiger partial charge in [-0.3, -0.25) is 9.69 Å². The highest BCUT2D eigenvalue weighted by molar-refractivity contribution is 5.77. The van der Waals surface area contributed by atoms with Gasteiger partial charge in [0.1, 0.15) is 5.54 Å². The summed E-state index contributed by atoms with van der Waals surface area (Å²) in [6.07, 6.45) is 0.826. The fraction of sp³-hybridized carbons (Fsp3) is 0.917. The van der Waals surface area contributed by atoms with E-state index in [0.717, 1.165) is 13.1 Å². The summed E-state index contributed by atoms with van der Waals surface area (Å²) >= 11 is 0. The summed E-state index contributed by atoms with van der Waals surface area (Å²) in [6.45, 7) is 9.34. The summed E-state index contributed by atoms with van der Waals surface area (Å²) in [7, 11) is 0. The summed E-state index contributed by atoms with van der Waals surface area (Å²) < 4.78 is 5.65. The van der Waals surface area contributed by atoms with Gasteiger partial charge in [-0.15, -0.1) is 0 Å². The lowest BCUT2D eigenvalue weighted by Gasteiger charge is -2.40. The van der Waals surface area contributed by atoms with Crippen molar-refractivity contribution in [3.8, 4) is 0 Å². The maximum absolute atomic E-state index is 11.0. The lowest BCUT2D eigenvalue weighted by atomic mass is 9.93. The van der Waals surface area contributed by atoms with Gasteiger partial charge < -0.3 is 15.6 Å². The van der Waals surface area contributed by atoms with Crippen LogP contribution in [-0.4, -0.2) is 52.9 Å². The van der Waals surface area contributed by atoms with Crippen LogP contribution in [0.15, 0.2) is 0 Å². The van der Waals surface area contributed by atoms with E-state index in [0.29, 0.717) is 6.42 Å². The topological polar surface area (TPSA) is 75.8 Å². The third-order valence-corrected chi connectivity index (χ3v) is 3.28. The highest BCUT2D eigenvalue weighted by Crippen LogP contribution is 2.19. The van der Waals surface area contributed by atoms with Crippen molar-refractivity contribution in [2.45, 2.75) is 57.9 Å². The van der Waals surface area contributed by atoms with E-state index in [1.165, 1.54) is 0 Å². The Labute approximate surface area is 103 Å². The van der Waals surface area contributed by atoms with Gasteiger partial charge in [-0.25, -0.2) is 0 Å². The zero-order valence-corrected chi connectivity index (χ0v) is 11.1. The van der Waals surface area contributed by atoms with Crippen LogP contribution in [0, 0.1) is 0 Å². The van der Waals surface area contributed by atoms with Crippen LogP contribution in [0.3, 0.4) is 0 Å². The van der Waals surface area contributed by atoms with Gasteiger partial charge >= 0.3 is 5.97 Å². The summed E-state index contributed by atoms with van der Waals surface area (Å²) in [5.74, 6) is -0.946. The highest BCUT2D eigenvalue weighted by Gasteiger charge is 2.34. The molecular formula is C12H24N2O3. The van der Waals surface area contributed by atoms with E-state index in [-0.39, 0.29) is 18.2 Å². The van der Waals surface area contributed by atoms with E-state index < -0.39 is 11.5 Å². The number of carbonyl (C=O) groups is 1. The van der Waals surface area contributed by atoms with E-state index in [1.54, 1.807) is 6.92 Å². The molecule has 0 aromatic carbocycles. The predicted molar refractivity (Wildman–Crippen MR) is 65.9 cm³/mol. The van der Waals surface area contributed by atoms with E-state index in [9.17, 15) is 4.79 Å². The zero-order chi connectivity index (χ0) is 13.2. The average molecular weight is 244 g/mol. The summed E-state index contributed by atoms with van der Waals surface area (Å²) in [4.78, 5) is 13.3. The maximum Gasteiger partial charge on any atom is 0.323 e. The number of hydrogen-bond donors (Lipinski definition) is 2. The van der Waals surface area contributed by atoms with E-state index >= 15 is 0 Å². The van der Waals surface area contributed by atoms with Crippen molar-refractivity contribution >= 4 is 5.97 Å². The fourth-order valence-electron chi connectivity index (χ4n) is 2.41. The first kappa shape index (κ1) is 14.4. The molecule has 1 aliphatic rings. The van der Waals surface area contributed by atoms with Gasteiger partial charge in [0.15, 0.2) is 0 Å². The van der Waals surface area contributed by atoms with Crippen molar-refractivity contribution in [1.82, 2.24) is 4.90 Å². The standard InChI is InChI=1S/C12H24N2O3/c1-8(5-12(4,13)11(15)16)14-6-9(2)17-10(3)7-14/h8-10H,5-7,13H2,1-4H3,(H,15,16)/t8?,9-,10+,12?. The lowest BCUT2D eigenvalue weighted by molar-refractivity contribution is -0.144. The molecule has 0 saturated carbocycles. The van der Waals surface area contributed by atoms with Gasteiger partial charge in [-0.05, 0) is 34.1 Å². The molecular weight excluding hydrogens is 220 g/mol. The number of carboxylic acids is 1. The molecule has 5 heteroatoms. The number of hydrogen-bond acceptors (Lipinski definition) is 4. The SMILES string of the molecule is CC(CC(C)(N)C(=O)O)N1C[C@@H](C)O[C@@H](C)C1. The van der Waals surface area contributed by atoms with Gasteiger partial charge in [-0.2, -0.15) is 0 Å². The first-order valence-corrected chi connectivity index (χ1v) is 6.14. The Morgan fingerprint density at radius 2 is 2.00 bits per heavy atom. The molecule has 1 saturated heterocycles. The van der Waals surface area contributed by atoms with Crippen molar-refractivity contribution in [2.75, 3.05) is 13.1 Å². The Morgan fingerprint density at radius 3 is 2.41 bits per heavy atom. The van der Waals surface area contributed by atoms with E-state index in [4.69, 9.17) is 15.6 Å². The number of rotatable bonds is 4. The second kappa shape index (κ2) is 5.33. The Kier molecular flexibility index (Phi) is 4.52. The number of ether oxygens (including phenoxy) is 1. The highest BCUT2D eigenvalue weighted by atomic mass is 16.5. The summed E-state index contributed by atoms with van der Waals surface area (Å²) in [5, 5.41) is 9.02. The number of nitrogens with two attached hydrogens (primary N) is 1. The molecule has 0 aromatic rings. The molecule has 0 amide bonds. The average Bonchev–Trinajstić information content (AvgIpc) is 2.15. The molecule has 0 aliphatic carbocycles. The Hall–Kier alpha value is -0.650. The number of nitrogens with zero attached hydrogens (tertiary/aromatic N) is 1. The number of morpholine rings is 1. The minimum atomic E-state index is -1.16. The largest absolute Gasteiger partial charge is 0.480 e. The van der Waals surface area contributed by atoms with Crippen LogP contribution < -0.4 is 5.73 Å². The monoisotopic (exact) mass is 244 g/mol. The van der Waals surface area contributed by atoms with E-state index in [1.807, 2.05) is 20.8 Å². The molecule has 1 rings (SSSR count). The molecule has 1 aliphatic heterocycles. The van der Waals surface area contributed by atoms with Gasteiger partial charge in [0.25, 0.3) is 0 Å². The van der Waals surface area contributed by atoms with Crippen molar-refractivity contribution < 1.29 is 14.6 Å². The first-order valence-electron chi connectivity index (χ1n) is 6.14. The maximum atomic E-state index is 11.0. The van der Waals surface area contributed by atoms with Crippen LogP contribution in [0.25, 0.3) is 0 Å². The molecule has 1 fully saturated rings. The van der Waals surface area contributed by atoms with Crippen molar-refractivity contribution in [1.29, 1.82) is 0 Å². The molecule has 100 valence electrons. The number of aliphatic carboxylic acids is 1. The van der Waals surface area contributed by atoms with Crippen LogP contribution in [0.5, 0.6) is 0 Å². The van der Waals surface area contributed by atoms with Crippen molar-refractivity contribution in [3.63, 3.8) is 0 Å². The van der Waals surface area contributed by atoms with Gasteiger partial charge in [-0.1, -0.05) is 0 Å². The third-order valence-electron chi connectivity index (χ3n) is 3.28. The van der Waals surface area contributed by atoms with Crippen LogP contribution >= 0.6 is 0 Å². The zero-order valence-electron chi connectivity index (χ0n) is 11.1. The molecule has 17 heavy (non-hydrogen) atoms. The predicted octanol–water partition coefficient (Wildman–Crippen LogP) is 0.676. The molecule has 0 bridgehead atoms. The lowest BCUT2D eigenvalue weighted by Crippen LogP contribution is -2.54. The molecule has 4 atom stereocenters. The minimum absolute atomic E-state index is 0.148. The minimum Gasteiger partial charge on any atom is -0.480 e. The Bertz CT molecular complexity index is 271. The smallest absolute Gasteiger partial charge is 0.323 e. The van der Waals surface area contributed by atoms with Crippen LogP contribution in [0.4, 0.5) is 0 Å². The van der Waals surface area contributed by atoms with Gasteiger partial charge in [0, 0.05) is 19.1 Å². The molecule has 0 spiro atoms. The van der Waals surface area contributed by atoms with E-state index in [2.05, 4.69) is 4.90 Å². The van der Waals surface area contributed by atoms with Crippen molar-refractivity contribution in [3.05, 3.63) is 0 Å². The number of carboxylic acid groups (broad SMARTS) is 1. The normalized spacial score (nSPS) is 31.8. The molecule has 0 radical (unpaired) electrons. The van der Waals surface area contributed by atoms with Crippen molar-refractivity contribution in [2.24, 2.45) is 5.73 Å². The fourth-order valence-corrected chi connectivity index (χ4v) is 2.41. The third kappa shape index (κ3) is 3.94. The molecule has 1 heterocycles. The Morgan fingerprint density at radius 1 is 1.53 bits per heavy atom. The second-order valence-corrected chi connectivity index (χ2v) is 5.49. The van der Waals surface area contributed by atoms with Crippen LogP contribution in [0.2, 0.25) is 0 Å². The summed E-state index contributed by atoms with van der Waals surface area (Å²) in [6, 6.07) is 0.148. The van der Waals surface area contributed by atoms with Gasteiger partial charge in [0.05, 0.1) is 12.2 Å². The quantitative estimate of drug-likeness (QED) is 0.760. The molecule has 2 unspecified atom stereocenters. The molecule has 0 aromatic heterocycles. The second-order valence-electron chi connectivity index (χ2n) is 5.49. The Balaban J connectivity index is 2.58. The molecule has 3 N–H and O–H groups in total. The molecule has 5 nitrogen and oxygen atoms in total. The van der Waals surface area contributed by atoms with Crippen LogP contribution in [-0.2, 0) is 9.53 Å². The van der Waals surface area contributed by atoms with Gasteiger partial charge in [0.2, 0.25) is 0 Å². The van der Waals surface area contributed by atoms with Crippen LogP contribution in [0.1, 0.15) is 34.1 Å².